The highest BCUT2D eigenvalue weighted by Gasteiger charge is 2.29. The molecular formula is C36H46N8O3S. The van der Waals surface area contributed by atoms with Crippen LogP contribution in [0, 0.1) is 6.92 Å². The molecule has 3 fully saturated rings. The molecule has 0 amide bonds. The van der Waals surface area contributed by atoms with Crippen molar-refractivity contribution in [3.63, 3.8) is 0 Å². The highest BCUT2D eigenvalue weighted by Crippen LogP contribution is 2.34. The smallest absolute Gasteiger partial charge is 0.260 e. The molecule has 0 aliphatic carbocycles. The molecular weight excluding hydrogens is 625 g/mol. The van der Waals surface area contributed by atoms with Gasteiger partial charge < -0.3 is 15.1 Å². The third-order valence-corrected chi connectivity index (χ3v) is 11.8. The number of piperidine rings is 1. The van der Waals surface area contributed by atoms with Gasteiger partial charge in [-0.25, -0.2) is 17.7 Å². The minimum absolute atomic E-state index is 0.115. The van der Waals surface area contributed by atoms with Crippen molar-refractivity contribution in [3.05, 3.63) is 76.2 Å². The van der Waals surface area contributed by atoms with E-state index in [-0.39, 0.29) is 11.6 Å². The van der Waals surface area contributed by atoms with Crippen LogP contribution in [-0.2, 0) is 10.0 Å². The summed E-state index contributed by atoms with van der Waals surface area (Å²) in [4.78, 5) is 31.2. The van der Waals surface area contributed by atoms with Crippen molar-refractivity contribution >= 4 is 38.4 Å². The zero-order valence-corrected chi connectivity index (χ0v) is 29.2. The van der Waals surface area contributed by atoms with Gasteiger partial charge in [0.2, 0.25) is 16.0 Å². The number of hydrogen-bond acceptors (Lipinski definition) is 9. The van der Waals surface area contributed by atoms with E-state index in [1.54, 1.807) is 10.8 Å². The maximum atomic E-state index is 14.5. The lowest BCUT2D eigenvalue weighted by molar-refractivity contribution is 0.275. The van der Waals surface area contributed by atoms with Crippen LogP contribution < -0.4 is 15.8 Å². The van der Waals surface area contributed by atoms with E-state index in [1.165, 1.54) is 28.2 Å². The van der Waals surface area contributed by atoms with Crippen LogP contribution in [0.2, 0.25) is 0 Å². The largest absolute Gasteiger partial charge is 0.369 e. The Kier molecular flexibility index (Phi) is 9.01. The minimum Gasteiger partial charge on any atom is -0.369 e. The molecule has 0 saturated carbocycles. The van der Waals surface area contributed by atoms with Gasteiger partial charge in [-0.05, 0) is 100 Å². The Bertz CT molecular complexity index is 1960. The first kappa shape index (κ1) is 32.7. The van der Waals surface area contributed by atoms with Crippen LogP contribution in [0.4, 0.5) is 17.3 Å². The average molecular weight is 671 g/mol. The zero-order chi connectivity index (χ0) is 33.6. The number of piperazine rings is 1. The summed E-state index contributed by atoms with van der Waals surface area (Å²) in [6, 6.07) is 16.9. The third-order valence-electron chi connectivity index (χ3n) is 10.5. The maximum Gasteiger partial charge on any atom is 0.260 e. The van der Waals surface area contributed by atoms with E-state index in [1.807, 2.05) is 18.2 Å². The summed E-state index contributed by atoms with van der Waals surface area (Å²) in [5.74, 6) is 0.408. The molecule has 0 spiro atoms. The van der Waals surface area contributed by atoms with Crippen molar-refractivity contribution in [3.8, 4) is 11.1 Å². The van der Waals surface area contributed by atoms with Gasteiger partial charge in [0, 0.05) is 79.9 Å². The van der Waals surface area contributed by atoms with Gasteiger partial charge >= 0.3 is 0 Å². The number of likely N-dealkylation sites (tertiary alicyclic amines) is 1. The molecule has 1 N–H and O–H groups in total. The predicted molar refractivity (Wildman–Crippen MR) is 193 cm³/mol. The summed E-state index contributed by atoms with van der Waals surface area (Å²) in [6.07, 6.45) is 6.41. The van der Waals surface area contributed by atoms with Crippen molar-refractivity contribution in [2.24, 2.45) is 0 Å². The molecule has 12 heteroatoms. The van der Waals surface area contributed by atoms with E-state index >= 15 is 0 Å². The highest BCUT2D eigenvalue weighted by atomic mass is 32.2. The first-order chi connectivity index (χ1) is 23.0. The second-order valence-corrected chi connectivity index (χ2v) is 15.8. The van der Waals surface area contributed by atoms with Gasteiger partial charge in [-0.3, -0.25) is 14.3 Å². The zero-order valence-electron chi connectivity index (χ0n) is 28.4. The van der Waals surface area contributed by atoms with Crippen LogP contribution in [0.1, 0.15) is 48.9 Å². The Morgan fingerprint density at radius 2 is 1.58 bits per heavy atom. The van der Waals surface area contributed by atoms with E-state index in [0.717, 1.165) is 61.3 Å². The van der Waals surface area contributed by atoms with Crippen LogP contribution in [0.15, 0.2) is 59.5 Å². The molecule has 5 heterocycles. The Labute approximate surface area is 283 Å². The number of hydrogen-bond donors (Lipinski definition) is 1. The molecule has 3 aliphatic heterocycles. The van der Waals surface area contributed by atoms with Gasteiger partial charge in [0.25, 0.3) is 5.56 Å². The van der Waals surface area contributed by atoms with Crippen LogP contribution in [-0.4, -0.2) is 103 Å². The highest BCUT2D eigenvalue weighted by molar-refractivity contribution is 7.88. The fourth-order valence-corrected chi connectivity index (χ4v) is 8.50. The number of benzene rings is 2. The molecule has 2 aromatic carbocycles. The van der Waals surface area contributed by atoms with Crippen LogP contribution in [0.5, 0.6) is 0 Å². The first-order valence-corrected chi connectivity index (χ1v) is 18.9. The molecule has 2 aromatic heterocycles. The van der Waals surface area contributed by atoms with Gasteiger partial charge in [0.15, 0.2) is 0 Å². The van der Waals surface area contributed by atoms with Crippen molar-refractivity contribution in [2.75, 3.05) is 76.4 Å². The molecule has 1 unspecified atom stereocenters. The van der Waals surface area contributed by atoms with E-state index in [0.29, 0.717) is 49.1 Å². The second kappa shape index (κ2) is 13.2. The van der Waals surface area contributed by atoms with Gasteiger partial charge in [-0.15, -0.1) is 0 Å². The SMILES string of the molecule is Cc1cc(C2CCCN2C)ccc1-c1cc2cnc(Nc3ccc(N4CCN(C)CC4)cc3)nc2n(C2CCN(S(C)(=O)=O)CC2)c1=O. The lowest BCUT2D eigenvalue weighted by atomic mass is 9.95. The molecule has 4 aromatic rings. The number of pyridine rings is 1. The summed E-state index contributed by atoms with van der Waals surface area (Å²) >= 11 is 0. The fourth-order valence-electron chi connectivity index (χ4n) is 7.62. The van der Waals surface area contributed by atoms with E-state index < -0.39 is 10.0 Å². The second-order valence-electron chi connectivity index (χ2n) is 13.8. The number of nitrogens with zero attached hydrogens (tertiary/aromatic N) is 7. The van der Waals surface area contributed by atoms with Gasteiger partial charge in [0.1, 0.15) is 5.65 Å². The van der Waals surface area contributed by atoms with E-state index in [9.17, 15) is 13.2 Å². The molecule has 0 bridgehead atoms. The van der Waals surface area contributed by atoms with Crippen molar-refractivity contribution < 1.29 is 8.42 Å². The molecule has 48 heavy (non-hydrogen) atoms. The lowest BCUT2D eigenvalue weighted by Gasteiger charge is -2.34. The van der Waals surface area contributed by atoms with Gasteiger partial charge in [0.05, 0.1) is 6.26 Å². The molecule has 7 rings (SSSR count). The summed E-state index contributed by atoms with van der Waals surface area (Å²) in [6.45, 7) is 7.99. The minimum atomic E-state index is -3.31. The number of likely N-dealkylation sites (N-methyl/N-ethyl adjacent to an activating group) is 1. The van der Waals surface area contributed by atoms with Crippen molar-refractivity contribution in [1.29, 1.82) is 0 Å². The Morgan fingerprint density at radius 3 is 2.23 bits per heavy atom. The first-order valence-electron chi connectivity index (χ1n) is 17.0. The number of anilines is 3. The molecule has 254 valence electrons. The normalized spacial score (nSPS) is 20.5. The van der Waals surface area contributed by atoms with E-state index in [4.69, 9.17) is 4.98 Å². The van der Waals surface area contributed by atoms with Crippen molar-refractivity contribution in [2.45, 2.75) is 44.7 Å². The average Bonchev–Trinajstić information content (AvgIpc) is 3.51. The summed E-state index contributed by atoms with van der Waals surface area (Å²) in [5.41, 5.74) is 6.33. The van der Waals surface area contributed by atoms with Crippen molar-refractivity contribution in [1.82, 2.24) is 28.6 Å². The summed E-state index contributed by atoms with van der Waals surface area (Å²) in [7, 11) is 1.02. The molecule has 1 atom stereocenters. The topological polar surface area (TPSA) is 107 Å². The molecule has 3 saturated heterocycles. The number of rotatable bonds is 7. The lowest BCUT2D eigenvalue weighted by Crippen LogP contribution is -2.44. The van der Waals surface area contributed by atoms with Crippen LogP contribution in [0.3, 0.4) is 0 Å². The molecule has 0 radical (unpaired) electrons. The summed E-state index contributed by atoms with van der Waals surface area (Å²) < 4.78 is 27.9. The van der Waals surface area contributed by atoms with Gasteiger partial charge in [-0.2, -0.15) is 4.98 Å². The van der Waals surface area contributed by atoms with Crippen LogP contribution in [0.25, 0.3) is 22.2 Å². The molecule has 11 nitrogen and oxygen atoms in total. The number of nitrogens with one attached hydrogen (secondary N) is 1. The Hall–Kier alpha value is -3.84. The number of sulfonamides is 1. The van der Waals surface area contributed by atoms with E-state index in [2.05, 4.69) is 76.4 Å². The quantitative estimate of drug-likeness (QED) is 0.301. The number of aromatic nitrogens is 3. The maximum absolute atomic E-state index is 14.5. The number of aryl methyl sites for hydroxylation is 1. The Morgan fingerprint density at radius 1 is 0.854 bits per heavy atom. The number of fused-ring (bicyclic) bond motifs is 1. The van der Waals surface area contributed by atoms with Crippen LogP contribution >= 0.6 is 0 Å². The molecule has 3 aliphatic rings. The standard InChI is InChI=1S/C36H46N8O3S/c1-25-22-26(33-6-5-15-41(33)3)7-12-31(25)32-23-27-24-37-36(38-28-8-10-29(11-9-28)42-20-18-40(2)19-21-42)39-34(27)44(35(32)45)30-13-16-43(17-14-30)48(4,46)47/h7-12,22-24,30,33H,5-6,13-21H2,1-4H3,(H,37,38,39). The Balaban J connectivity index is 1.23. The predicted octanol–water partition coefficient (Wildman–Crippen LogP) is 4.63. The van der Waals surface area contributed by atoms with Gasteiger partial charge in [-0.1, -0.05) is 18.2 Å². The third kappa shape index (κ3) is 6.58. The fraction of sp³-hybridized carbons (Fsp3) is 0.472. The summed E-state index contributed by atoms with van der Waals surface area (Å²) in [5, 5.41) is 4.11. The monoisotopic (exact) mass is 670 g/mol.